The van der Waals surface area contributed by atoms with Crippen LogP contribution in [0.5, 0.6) is 0 Å². The Kier molecular flexibility index (Phi) is 4.95. The van der Waals surface area contributed by atoms with Gasteiger partial charge in [0.25, 0.3) is 0 Å². The molecule has 158 valence electrons. The predicted octanol–water partition coefficient (Wildman–Crippen LogP) is 3.99. The molecule has 0 saturated carbocycles. The molecule has 0 amide bonds. The van der Waals surface area contributed by atoms with E-state index in [0.717, 1.165) is 29.0 Å². The highest BCUT2D eigenvalue weighted by Gasteiger charge is 2.16. The molecule has 3 heterocycles. The number of nitrogens with one attached hydrogen (secondary N) is 2. The van der Waals surface area contributed by atoms with Crippen molar-refractivity contribution in [1.82, 2.24) is 19.9 Å². The van der Waals surface area contributed by atoms with Crippen LogP contribution in [-0.4, -0.2) is 35.8 Å². The summed E-state index contributed by atoms with van der Waals surface area (Å²) in [6.45, 7) is 1.08. The zero-order chi connectivity index (χ0) is 21.4. The van der Waals surface area contributed by atoms with Gasteiger partial charge < -0.3 is 15.2 Å². The zero-order valence-corrected chi connectivity index (χ0v) is 17.9. The first-order valence-corrected chi connectivity index (χ1v) is 12.1. The average Bonchev–Trinajstić information content (AvgIpc) is 3.44. The van der Waals surface area contributed by atoms with E-state index in [1.165, 1.54) is 24.7 Å². The largest absolute Gasteiger partial charge is 0.324 e. The van der Waals surface area contributed by atoms with E-state index < -0.39 is 9.84 Å². The molecule has 5 rings (SSSR count). The van der Waals surface area contributed by atoms with Gasteiger partial charge in [-0.25, -0.2) is 13.4 Å². The maximum Gasteiger partial charge on any atom is 0.229 e. The summed E-state index contributed by atoms with van der Waals surface area (Å²) in [7, 11) is -3.23. The summed E-state index contributed by atoms with van der Waals surface area (Å²) >= 11 is 0. The van der Waals surface area contributed by atoms with Crippen molar-refractivity contribution in [1.29, 1.82) is 0 Å². The number of hydrogen-bond acceptors (Lipinski definition) is 6. The van der Waals surface area contributed by atoms with E-state index in [1.54, 1.807) is 30.5 Å². The van der Waals surface area contributed by atoms with E-state index >= 15 is 0 Å². The highest BCUT2D eigenvalue weighted by atomic mass is 32.2. The van der Waals surface area contributed by atoms with Gasteiger partial charge in [-0.2, -0.15) is 4.98 Å². The van der Waals surface area contributed by atoms with Gasteiger partial charge in [0.2, 0.25) is 5.95 Å². The molecule has 31 heavy (non-hydrogen) atoms. The van der Waals surface area contributed by atoms with Gasteiger partial charge in [0.1, 0.15) is 5.65 Å². The molecule has 1 unspecified atom stereocenters. The standard InChI is InChI=1S/C23H23N5O2S/c1-31(29,30)20-10-8-19(9-11-20)28-14-12-17-15-25-23(27-22(17)28)26-18-6-4-16(5-7-18)21-3-2-13-24-21/h4-12,14-15,21,24H,2-3,13H2,1H3,(H,25,26,27). The molecule has 8 heteroatoms. The summed E-state index contributed by atoms with van der Waals surface area (Å²) in [4.78, 5) is 9.41. The van der Waals surface area contributed by atoms with Crippen LogP contribution in [0, 0.1) is 0 Å². The number of hydrogen-bond donors (Lipinski definition) is 2. The second-order valence-corrected chi connectivity index (χ2v) is 9.84. The van der Waals surface area contributed by atoms with Gasteiger partial charge in [0, 0.05) is 41.5 Å². The van der Waals surface area contributed by atoms with Gasteiger partial charge in [0.05, 0.1) is 4.90 Å². The molecule has 0 spiro atoms. The first-order chi connectivity index (χ1) is 15.0. The van der Waals surface area contributed by atoms with Crippen LogP contribution < -0.4 is 10.6 Å². The Morgan fingerprint density at radius 2 is 1.84 bits per heavy atom. The summed E-state index contributed by atoms with van der Waals surface area (Å²) in [6.07, 6.45) is 7.28. The van der Waals surface area contributed by atoms with Gasteiger partial charge in [-0.1, -0.05) is 12.1 Å². The lowest BCUT2D eigenvalue weighted by atomic mass is 10.1. The second-order valence-electron chi connectivity index (χ2n) is 7.82. The quantitative estimate of drug-likeness (QED) is 0.495. The number of anilines is 2. The van der Waals surface area contributed by atoms with Gasteiger partial charge in [-0.05, 0) is 67.4 Å². The third-order valence-corrected chi connectivity index (χ3v) is 6.73. The first kappa shape index (κ1) is 19.7. The van der Waals surface area contributed by atoms with Crippen molar-refractivity contribution >= 4 is 32.5 Å². The lowest BCUT2D eigenvalue weighted by Gasteiger charge is -2.12. The van der Waals surface area contributed by atoms with Crippen LogP contribution in [0.1, 0.15) is 24.4 Å². The summed E-state index contributed by atoms with van der Waals surface area (Å²) in [5.74, 6) is 0.506. The maximum absolute atomic E-state index is 11.7. The Balaban J connectivity index is 1.41. The summed E-state index contributed by atoms with van der Waals surface area (Å²) in [5.41, 5.74) is 3.80. The average molecular weight is 434 g/mol. The molecule has 7 nitrogen and oxygen atoms in total. The van der Waals surface area contributed by atoms with Gasteiger partial charge in [0.15, 0.2) is 9.84 Å². The molecule has 2 aromatic carbocycles. The smallest absolute Gasteiger partial charge is 0.229 e. The van der Waals surface area contributed by atoms with Crippen LogP contribution in [0.15, 0.2) is 71.9 Å². The van der Waals surface area contributed by atoms with E-state index in [4.69, 9.17) is 0 Å². The van der Waals surface area contributed by atoms with E-state index in [9.17, 15) is 8.42 Å². The molecule has 1 fully saturated rings. The minimum absolute atomic E-state index is 0.293. The topological polar surface area (TPSA) is 88.9 Å². The summed E-state index contributed by atoms with van der Waals surface area (Å²) in [6, 6.07) is 17.5. The van der Waals surface area contributed by atoms with Gasteiger partial charge in [-0.15, -0.1) is 0 Å². The van der Waals surface area contributed by atoms with Gasteiger partial charge >= 0.3 is 0 Å². The molecule has 0 radical (unpaired) electrons. The number of fused-ring (bicyclic) bond motifs is 1. The highest BCUT2D eigenvalue weighted by molar-refractivity contribution is 7.90. The van der Waals surface area contributed by atoms with Crippen molar-refractivity contribution in [2.24, 2.45) is 0 Å². The number of sulfone groups is 1. The zero-order valence-electron chi connectivity index (χ0n) is 17.1. The lowest BCUT2D eigenvalue weighted by molar-refractivity contribution is 0.602. The van der Waals surface area contributed by atoms with E-state index in [2.05, 4.69) is 32.7 Å². The Bertz CT molecular complexity index is 1320. The molecule has 1 aliphatic heterocycles. The second kappa shape index (κ2) is 7.79. The maximum atomic E-state index is 11.7. The van der Waals surface area contributed by atoms with Crippen LogP contribution in [-0.2, 0) is 9.84 Å². The lowest BCUT2D eigenvalue weighted by Crippen LogP contribution is -2.12. The Morgan fingerprint density at radius 1 is 1.06 bits per heavy atom. The first-order valence-electron chi connectivity index (χ1n) is 10.2. The molecule has 0 aliphatic carbocycles. The minimum atomic E-state index is -3.23. The van der Waals surface area contributed by atoms with Crippen LogP contribution in [0.4, 0.5) is 11.6 Å². The summed E-state index contributed by atoms with van der Waals surface area (Å²) in [5, 5.41) is 7.69. The number of benzene rings is 2. The van der Waals surface area contributed by atoms with E-state index in [1.807, 2.05) is 29.0 Å². The van der Waals surface area contributed by atoms with Crippen molar-refractivity contribution in [3.63, 3.8) is 0 Å². The molecule has 2 aromatic heterocycles. The SMILES string of the molecule is CS(=O)(=O)c1ccc(-n2ccc3cnc(Nc4ccc(C5CCCN5)cc4)nc32)cc1. The normalized spacial score (nSPS) is 16.6. The van der Waals surface area contributed by atoms with Crippen LogP contribution in [0.2, 0.25) is 0 Å². The Hall–Kier alpha value is -3.23. The third kappa shape index (κ3) is 4.04. The highest BCUT2D eigenvalue weighted by Crippen LogP contribution is 2.26. The fourth-order valence-corrected chi connectivity index (χ4v) is 4.57. The molecular formula is C23H23N5O2S. The molecule has 4 aromatic rings. The fourth-order valence-electron chi connectivity index (χ4n) is 3.94. The van der Waals surface area contributed by atoms with E-state index in [0.29, 0.717) is 16.9 Å². The van der Waals surface area contributed by atoms with Crippen molar-refractivity contribution in [2.75, 3.05) is 18.1 Å². The Morgan fingerprint density at radius 3 is 2.52 bits per heavy atom. The molecule has 1 atom stereocenters. The predicted molar refractivity (Wildman–Crippen MR) is 122 cm³/mol. The molecule has 1 saturated heterocycles. The van der Waals surface area contributed by atoms with Crippen molar-refractivity contribution in [2.45, 2.75) is 23.8 Å². The van der Waals surface area contributed by atoms with Crippen molar-refractivity contribution in [3.05, 3.63) is 72.6 Å². The number of aromatic nitrogens is 3. The van der Waals surface area contributed by atoms with Gasteiger partial charge in [-0.3, -0.25) is 0 Å². The van der Waals surface area contributed by atoms with Crippen molar-refractivity contribution < 1.29 is 8.42 Å². The molecular weight excluding hydrogens is 410 g/mol. The third-order valence-electron chi connectivity index (χ3n) is 5.60. The van der Waals surface area contributed by atoms with E-state index in [-0.39, 0.29) is 0 Å². The van der Waals surface area contributed by atoms with Crippen LogP contribution in [0.3, 0.4) is 0 Å². The molecule has 2 N–H and O–H groups in total. The Labute approximate surface area is 181 Å². The van der Waals surface area contributed by atoms with Crippen LogP contribution >= 0.6 is 0 Å². The van der Waals surface area contributed by atoms with Crippen LogP contribution in [0.25, 0.3) is 16.7 Å². The molecule has 1 aliphatic rings. The summed E-state index contributed by atoms with van der Waals surface area (Å²) < 4.78 is 25.4. The monoisotopic (exact) mass is 433 g/mol. The fraction of sp³-hybridized carbons (Fsp3) is 0.217. The van der Waals surface area contributed by atoms with Crippen molar-refractivity contribution in [3.8, 4) is 5.69 Å². The number of rotatable bonds is 5. The minimum Gasteiger partial charge on any atom is -0.324 e. The molecule has 0 bridgehead atoms. The number of nitrogens with zero attached hydrogens (tertiary/aromatic N) is 3.